The summed E-state index contributed by atoms with van der Waals surface area (Å²) in [6, 6.07) is 10.7. The monoisotopic (exact) mass is 309 g/mol. The molecule has 0 amide bonds. The maximum absolute atomic E-state index is 5.35. The van der Waals surface area contributed by atoms with E-state index in [1.807, 2.05) is 19.2 Å². The first-order valence-electron chi connectivity index (χ1n) is 6.25. The predicted octanol–water partition coefficient (Wildman–Crippen LogP) is 3.52. The average molecular weight is 310 g/mol. The molecule has 4 nitrogen and oxygen atoms in total. The van der Waals surface area contributed by atoms with Crippen LogP contribution in [0.25, 0.3) is 20.9 Å². The first kappa shape index (κ1) is 15.0. The number of likely N-dealkylation sites (N-methyl/N-ethyl adjacent to an activating group) is 1. The Hall–Kier alpha value is -1.43. The van der Waals surface area contributed by atoms with Gasteiger partial charge in [-0.15, -0.1) is 23.7 Å². The van der Waals surface area contributed by atoms with Crippen LogP contribution in [-0.4, -0.2) is 23.2 Å². The van der Waals surface area contributed by atoms with Crippen LogP contribution in [0.2, 0.25) is 0 Å². The van der Waals surface area contributed by atoms with E-state index in [2.05, 4.69) is 40.6 Å². The fourth-order valence-electron chi connectivity index (χ4n) is 1.90. The number of fused-ring (bicyclic) bond motifs is 1. The van der Waals surface area contributed by atoms with E-state index in [0.717, 1.165) is 17.1 Å². The number of aromatic nitrogens is 2. The Labute approximate surface area is 127 Å². The molecule has 1 unspecified atom stereocenters. The molecule has 3 aromatic rings. The van der Waals surface area contributed by atoms with Gasteiger partial charge in [0.25, 0.3) is 5.89 Å². The highest BCUT2D eigenvalue weighted by atomic mass is 35.5. The molecule has 0 aliphatic heterocycles. The van der Waals surface area contributed by atoms with Gasteiger partial charge in [0.1, 0.15) is 0 Å². The number of nitrogens with one attached hydrogen (secondary N) is 1. The minimum absolute atomic E-state index is 0. The maximum atomic E-state index is 5.35. The molecule has 1 N–H and O–H groups in total. The topological polar surface area (TPSA) is 51.0 Å². The molecule has 0 saturated heterocycles. The van der Waals surface area contributed by atoms with Crippen LogP contribution in [0.3, 0.4) is 0 Å². The van der Waals surface area contributed by atoms with Crippen molar-refractivity contribution in [1.29, 1.82) is 0 Å². The van der Waals surface area contributed by atoms with Crippen LogP contribution in [0.15, 0.2) is 34.9 Å². The van der Waals surface area contributed by atoms with E-state index in [1.54, 1.807) is 11.3 Å². The van der Waals surface area contributed by atoms with Gasteiger partial charge in [-0.05, 0) is 31.5 Å². The van der Waals surface area contributed by atoms with E-state index in [9.17, 15) is 0 Å². The Kier molecular flexibility index (Phi) is 4.75. The second kappa shape index (κ2) is 6.35. The van der Waals surface area contributed by atoms with Crippen LogP contribution in [0.1, 0.15) is 12.7 Å². The maximum Gasteiger partial charge on any atom is 0.268 e. The van der Waals surface area contributed by atoms with Crippen molar-refractivity contribution >= 4 is 33.8 Å². The van der Waals surface area contributed by atoms with E-state index in [4.69, 9.17) is 4.52 Å². The number of benzene rings is 1. The zero-order valence-electron chi connectivity index (χ0n) is 11.3. The third-order valence-corrected chi connectivity index (χ3v) is 4.19. The molecule has 0 fully saturated rings. The van der Waals surface area contributed by atoms with Crippen molar-refractivity contribution in [2.45, 2.75) is 19.4 Å². The van der Waals surface area contributed by atoms with Gasteiger partial charge in [-0.1, -0.05) is 23.4 Å². The summed E-state index contributed by atoms with van der Waals surface area (Å²) in [6.07, 6.45) is 0.769. The van der Waals surface area contributed by atoms with Crippen LogP contribution < -0.4 is 5.32 Å². The minimum Gasteiger partial charge on any atom is -0.333 e. The molecule has 0 aliphatic rings. The number of hydrogen-bond donors (Lipinski definition) is 1. The second-order valence-electron chi connectivity index (χ2n) is 4.56. The van der Waals surface area contributed by atoms with Gasteiger partial charge in [0.05, 0.1) is 4.88 Å². The average Bonchev–Trinajstić information content (AvgIpc) is 3.04. The summed E-state index contributed by atoms with van der Waals surface area (Å²) in [5, 5.41) is 8.41. The molecule has 1 atom stereocenters. The van der Waals surface area contributed by atoms with E-state index in [-0.39, 0.29) is 12.4 Å². The van der Waals surface area contributed by atoms with Crippen LogP contribution in [0.5, 0.6) is 0 Å². The smallest absolute Gasteiger partial charge is 0.268 e. The molecule has 0 radical (unpaired) electrons. The van der Waals surface area contributed by atoms with Gasteiger partial charge >= 0.3 is 0 Å². The van der Waals surface area contributed by atoms with Crippen LogP contribution >= 0.6 is 23.7 Å². The number of nitrogens with zero attached hydrogens (tertiary/aromatic N) is 2. The molecule has 0 spiro atoms. The van der Waals surface area contributed by atoms with Crippen LogP contribution in [0, 0.1) is 0 Å². The lowest BCUT2D eigenvalue weighted by molar-refractivity contribution is 0.419. The highest BCUT2D eigenvalue weighted by molar-refractivity contribution is 7.22. The molecule has 1 aromatic carbocycles. The zero-order valence-corrected chi connectivity index (χ0v) is 12.9. The van der Waals surface area contributed by atoms with Crippen LogP contribution in [0.4, 0.5) is 0 Å². The molecule has 2 aromatic heterocycles. The van der Waals surface area contributed by atoms with Gasteiger partial charge in [-0.25, -0.2) is 0 Å². The minimum atomic E-state index is 0. The van der Waals surface area contributed by atoms with Crippen molar-refractivity contribution in [3.63, 3.8) is 0 Å². The molecule has 0 bridgehead atoms. The van der Waals surface area contributed by atoms with Crippen molar-refractivity contribution < 1.29 is 4.52 Å². The summed E-state index contributed by atoms with van der Waals surface area (Å²) in [5.74, 6) is 1.36. The Balaban J connectivity index is 0.00000147. The third-order valence-electron chi connectivity index (χ3n) is 3.09. The highest BCUT2D eigenvalue weighted by Gasteiger charge is 2.13. The molecule has 106 valence electrons. The molecular formula is C14H16ClN3OS. The lowest BCUT2D eigenvalue weighted by atomic mass is 10.2. The molecule has 0 saturated carbocycles. The lowest BCUT2D eigenvalue weighted by Gasteiger charge is -2.04. The number of rotatable bonds is 4. The van der Waals surface area contributed by atoms with Gasteiger partial charge in [0.2, 0.25) is 0 Å². The summed E-state index contributed by atoms with van der Waals surface area (Å²) >= 11 is 1.68. The Bertz CT molecular complexity index is 661. The van der Waals surface area contributed by atoms with Gasteiger partial charge in [-0.3, -0.25) is 0 Å². The fourth-order valence-corrected chi connectivity index (χ4v) is 2.88. The Morgan fingerprint density at radius 3 is 2.90 bits per heavy atom. The van der Waals surface area contributed by atoms with Gasteiger partial charge in [0.15, 0.2) is 5.82 Å². The number of halogens is 1. The van der Waals surface area contributed by atoms with Gasteiger partial charge in [0, 0.05) is 17.2 Å². The van der Waals surface area contributed by atoms with Crippen LogP contribution in [-0.2, 0) is 6.42 Å². The summed E-state index contributed by atoms with van der Waals surface area (Å²) < 4.78 is 6.58. The molecule has 6 heteroatoms. The summed E-state index contributed by atoms with van der Waals surface area (Å²) in [6.45, 7) is 2.09. The highest BCUT2D eigenvalue weighted by Crippen LogP contribution is 2.32. The molecule has 20 heavy (non-hydrogen) atoms. The first-order valence-corrected chi connectivity index (χ1v) is 7.06. The number of thiophene rings is 1. The molecule has 0 aliphatic carbocycles. The van der Waals surface area contributed by atoms with E-state index in [1.165, 1.54) is 10.1 Å². The SMILES string of the molecule is CNC(C)Cc1noc(-c2cc3ccccc3s2)n1.Cl. The summed E-state index contributed by atoms with van der Waals surface area (Å²) in [7, 11) is 1.93. The lowest BCUT2D eigenvalue weighted by Crippen LogP contribution is -2.24. The Morgan fingerprint density at radius 2 is 2.15 bits per heavy atom. The Morgan fingerprint density at radius 1 is 1.35 bits per heavy atom. The van der Waals surface area contributed by atoms with E-state index < -0.39 is 0 Å². The standard InChI is InChI=1S/C14H15N3OS.ClH/c1-9(15-2)7-13-16-14(18-17-13)12-8-10-5-3-4-6-11(10)19-12;/h3-6,8-9,15H,7H2,1-2H3;1H. The van der Waals surface area contributed by atoms with Crippen molar-refractivity contribution in [1.82, 2.24) is 15.5 Å². The van der Waals surface area contributed by atoms with Crippen molar-refractivity contribution in [3.8, 4) is 10.8 Å². The predicted molar refractivity (Wildman–Crippen MR) is 84.6 cm³/mol. The third kappa shape index (κ3) is 3.00. The summed E-state index contributed by atoms with van der Waals surface area (Å²) in [5.41, 5.74) is 0. The largest absolute Gasteiger partial charge is 0.333 e. The van der Waals surface area contributed by atoms with E-state index >= 15 is 0 Å². The zero-order chi connectivity index (χ0) is 13.2. The molecule has 3 rings (SSSR count). The number of hydrogen-bond acceptors (Lipinski definition) is 5. The van der Waals surface area contributed by atoms with Crippen molar-refractivity contribution in [2.75, 3.05) is 7.05 Å². The fraction of sp³-hybridized carbons (Fsp3) is 0.286. The van der Waals surface area contributed by atoms with Crippen molar-refractivity contribution in [3.05, 3.63) is 36.2 Å². The first-order chi connectivity index (χ1) is 9.26. The van der Waals surface area contributed by atoms with Gasteiger partial charge < -0.3 is 9.84 Å². The summed E-state index contributed by atoms with van der Waals surface area (Å²) in [4.78, 5) is 5.48. The normalized spacial score (nSPS) is 12.3. The second-order valence-corrected chi connectivity index (χ2v) is 5.64. The van der Waals surface area contributed by atoms with Crippen molar-refractivity contribution in [2.24, 2.45) is 0 Å². The van der Waals surface area contributed by atoms with E-state index in [0.29, 0.717) is 11.9 Å². The molecular weight excluding hydrogens is 294 g/mol. The molecule has 2 heterocycles. The quantitative estimate of drug-likeness (QED) is 0.801. The van der Waals surface area contributed by atoms with Gasteiger partial charge in [-0.2, -0.15) is 4.98 Å².